The Balaban J connectivity index is 1.70. The zero-order chi connectivity index (χ0) is 14.7. The highest BCUT2D eigenvalue weighted by Gasteiger charge is 2.08. The van der Waals surface area contributed by atoms with E-state index in [2.05, 4.69) is 15.5 Å². The molecule has 0 saturated carbocycles. The number of hydrogen-bond donors (Lipinski definition) is 1. The quantitative estimate of drug-likeness (QED) is 0.796. The lowest BCUT2D eigenvalue weighted by molar-refractivity contribution is 0.423. The topological polar surface area (TPSA) is 51.0 Å². The standard InChI is InChI=1S/C15H11F2N3O/c16-11-6-12(17)8-13(7-11)18-9-14-19-15(21-20-14)10-4-2-1-3-5-10/h1-8,18H,9H2. The maximum Gasteiger partial charge on any atom is 0.257 e. The Morgan fingerprint density at radius 2 is 1.71 bits per heavy atom. The van der Waals surface area contributed by atoms with E-state index in [1.54, 1.807) is 0 Å². The molecular weight excluding hydrogens is 276 g/mol. The first-order valence-electron chi connectivity index (χ1n) is 6.29. The molecule has 1 heterocycles. The smallest absolute Gasteiger partial charge is 0.257 e. The van der Waals surface area contributed by atoms with Crippen molar-refractivity contribution >= 4 is 5.69 Å². The third-order valence-corrected chi connectivity index (χ3v) is 2.80. The van der Waals surface area contributed by atoms with Crippen LogP contribution in [0, 0.1) is 11.6 Å². The van der Waals surface area contributed by atoms with Gasteiger partial charge >= 0.3 is 0 Å². The summed E-state index contributed by atoms with van der Waals surface area (Å²) in [4.78, 5) is 4.21. The van der Waals surface area contributed by atoms with Gasteiger partial charge in [0.05, 0.1) is 6.54 Å². The fourth-order valence-corrected chi connectivity index (χ4v) is 1.86. The van der Waals surface area contributed by atoms with E-state index >= 15 is 0 Å². The van der Waals surface area contributed by atoms with Crippen molar-refractivity contribution in [3.63, 3.8) is 0 Å². The molecule has 0 aliphatic carbocycles. The number of nitrogens with zero attached hydrogens (tertiary/aromatic N) is 2. The van der Waals surface area contributed by atoms with Crippen LogP contribution >= 0.6 is 0 Å². The van der Waals surface area contributed by atoms with E-state index in [0.29, 0.717) is 17.4 Å². The van der Waals surface area contributed by atoms with Crippen LogP contribution in [0.15, 0.2) is 53.1 Å². The molecule has 0 bridgehead atoms. The molecule has 0 radical (unpaired) electrons. The van der Waals surface area contributed by atoms with Gasteiger partial charge in [0.15, 0.2) is 5.82 Å². The van der Waals surface area contributed by atoms with Crippen molar-refractivity contribution in [1.82, 2.24) is 10.1 Å². The molecule has 3 rings (SSSR count). The van der Waals surface area contributed by atoms with Gasteiger partial charge in [-0.25, -0.2) is 8.78 Å². The third-order valence-electron chi connectivity index (χ3n) is 2.80. The van der Waals surface area contributed by atoms with E-state index in [9.17, 15) is 8.78 Å². The molecule has 0 unspecified atom stereocenters. The van der Waals surface area contributed by atoms with Crippen LogP contribution in [0.1, 0.15) is 5.82 Å². The summed E-state index contributed by atoms with van der Waals surface area (Å²) in [5.74, 6) is -0.484. The summed E-state index contributed by atoms with van der Waals surface area (Å²) in [5, 5.41) is 6.66. The van der Waals surface area contributed by atoms with E-state index in [0.717, 1.165) is 11.6 Å². The Bertz CT molecular complexity index is 723. The van der Waals surface area contributed by atoms with E-state index in [-0.39, 0.29) is 6.54 Å². The molecule has 4 nitrogen and oxygen atoms in total. The number of nitrogens with one attached hydrogen (secondary N) is 1. The van der Waals surface area contributed by atoms with Crippen LogP contribution in [0.2, 0.25) is 0 Å². The molecule has 1 aromatic heterocycles. The highest BCUT2D eigenvalue weighted by Crippen LogP contribution is 2.17. The van der Waals surface area contributed by atoms with Crippen molar-refractivity contribution in [2.24, 2.45) is 0 Å². The molecule has 0 aliphatic heterocycles. The van der Waals surface area contributed by atoms with Gasteiger partial charge in [-0.2, -0.15) is 4.98 Å². The van der Waals surface area contributed by atoms with Gasteiger partial charge in [-0.15, -0.1) is 0 Å². The second kappa shape index (κ2) is 5.70. The summed E-state index contributed by atoms with van der Waals surface area (Å²) in [6.07, 6.45) is 0. The fourth-order valence-electron chi connectivity index (χ4n) is 1.86. The van der Waals surface area contributed by atoms with Gasteiger partial charge in [-0.1, -0.05) is 23.4 Å². The molecule has 106 valence electrons. The maximum atomic E-state index is 13.0. The van der Waals surface area contributed by atoms with E-state index in [1.165, 1.54) is 12.1 Å². The average Bonchev–Trinajstić information content (AvgIpc) is 2.94. The number of anilines is 1. The lowest BCUT2D eigenvalue weighted by atomic mass is 10.2. The lowest BCUT2D eigenvalue weighted by Gasteiger charge is -2.03. The molecule has 0 aliphatic rings. The molecule has 0 atom stereocenters. The summed E-state index contributed by atoms with van der Waals surface area (Å²) in [6, 6.07) is 12.5. The molecule has 0 fully saturated rings. The summed E-state index contributed by atoms with van der Waals surface area (Å²) in [5.41, 5.74) is 1.13. The van der Waals surface area contributed by atoms with Crippen LogP contribution in [-0.2, 0) is 6.54 Å². The molecule has 1 N–H and O–H groups in total. The molecule has 3 aromatic rings. The van der Waals surface area contributed by atoms with Crippen molar-refractivity contribution in [3.8, 4) is 11.5 Å². The second-order valence-corrected chi connectivity index (χ2v) is 4.39. The molecule has 0 spiro atoms. The Hall–Kier alpha value is -2.76. The Morgan fingerprint density at radius 3 is 2.43 bits per heavy atom. The summed E-state index contributed by atoms with van der Waals surface area (Å²) < 4.78 is 31.2. The average molecular weight is 287 g/mol. The molecule has 6 heteroatoms. The fraction of sp³-hybridized carbons (Fsp3) is 0.0667. The highest BCUT2D eigenvalue weighted by atomic mass is 19.1. The van der Waals surface area contributed by atoms with Gasteiger partial charge in [0.25, 0.3) is 5.89 Å². The largest absolute Gasteiger partial charge is 0.377 e. The molecular formula is C15H11F2N3O. The van der Waals surface area contributed by atoms with Crippen molar-refractivity contribution in [2.75, 3.05) is 5.32 Å². The first kappa shape index (κ1) is 13.2. The van der Waals surface area contributed by atoms with Gasteiger partial charge in [0, 0.05) is 17.3 Å². The van der Waals surface area contributed by atoms with E-state index in [1.807, 2.05) is 30.3 Å². The molecule has 21 heavy (non-hydrogen) atoms. The lowest BCUT2D eigenvalue weighted by Crippen LogP contribution is -2.02. The van der Waals surface area contributed by atoms with Crippen molar-refractivity contribution < 1.29 is 13.3 Å². The second-order valence-electron chi connectivity index (χ2n) is 4.39. The zero-order valence-electron chi connectivity index (χ0n) is 10.9. The first-order valence-corrected chi connectivity index (χ1v) is 6.29. The van der Waals surface area contributed by atoms with Gasteiger partial charge in [0.1, 0.15) is 11.6 Å². The first-order chi connectivity index (χ1) is 10.2. The number of aromatic nitrogens is 2. The highest BCUT2D eigenvalue weighted by molar-refractivity contribution is 5.52. The predicted octanol–water partition coefficient (Wildman–Crippen LogP) is 3.63. The molecule has 0 amide bonds. The normalized spacial score (nSPS) is 10.6. The van der Waals surface area contributed by atoms with Crippen molar-refractivity contribution in [2.45, 2.75) is 6.54 Å². The van der Waals surface area contributed by atoms with Crippen LogP contribution in [0.4, 0.5) is 14.5 Å². The van der Waals surface area contributed by atoms with Crippen molar-refractivity contribution in [1.29, 1.82) is 0 Å². The minimum Gasteiger partial charge on any atom is -0.377 e. The number of benzene rings is 2. The van der Waals surface area contributed by atoms with Gasteiger partial charge < -0.3 is 9.84 Å². The van der Waals surface area contributed by atoms with Crippen LogP contribution in [0.3, 0.4) is 0 Å². The summed E-state index contributed by atoms with van der Waals surface area (Å²) in [7, 11) is 0. The van der Waals surface area contributed by atoms with Crippen LogP contribution in [0.25, 0.3) is 11.5 Å². The minimum atomic E-state index is -0.643. The SMILES string of the molecule is Fc1cc(F)cc(NCc2noc(-c3ccccc3)n2)c1. The number of rotatable bonds is 4. The van der Waals surface area contributed by atoms with E-state index in [4.69, 9.17) is 4.52 Å². The molecule has 2 aromatic carbocycles. The zero-order valence-corrected chi connectivity index (χ0v) is 10.9. The van der Waals surface area contributed by atoms with Gasteiger partial charge in [-0.3, -0.25) is 0 Å². The summed E-state index contributed by atoms with van der Waals surface area (Å²) >= 11 is 0. The Morgan fingerprint density at radius 1 is 1.00 bits per heavy atom. The Kier molecular flexibility index (Phi) is 3.59. The van der Waals surface area contributed by atoms with Gasteiger partial charge in [0.2, 0.25) is 0 Å². The predicted molar refractivity (Wildman–Crippen MR) is 73.4 cm³/mol. The maximum absolute atomic E-state index is 13.0. The third kappa shape index (κ3) is 3.22. The van der Waals surface area contributed by atoms with Crippen LogP contribution in [-0.4, -0.2) is 10.1 Å². The number of hydrogen-bond acceptors (Lipinski definition) is 4. The van der Waals surface area contributed by atoms with Crippen LogP contribution in [0.5, 0.6) is 0 Å². The summed E-state index contributed by atoms with van der Waals surface area (Å²) in [6.45, 7) is 0.208. The van der Waals surface area contributed by atoms with Crippen molar-refractivity contribution in [3.05, 3.63) is 66.0 Å². The Labute approximate surface area is 119 Å². The minimum absolute atomic E-state index is 0.208. The molecule has 0 saturated heterocycles. The van der Waals surface area contributed by atoms with E-state index < -0.39 is 11.6 Å². The van der Waals surface area contributed by atoms with Gasteiger partial charge in [-0.05, 0) is 24.3 Å². The van der Waals surface area contributed by atoms with Crippen LogP contribution < -0.4 is 5.32 Å². The number of halogens is 2. The monoisotopic (exact) mass is 287 g/mol.